The Balaban J connectivity index is 2.60. The van der Waals surface area contributed by atoms with Gasteiger partial charge >= 0.3 is 5.63 Å². The van der Waals surface area contributed by atoms with E-state index in [1.807, 2.05) is 0 Å². The first kappa shape index (κ1) is 27.1. The molecule has 0 unspecified atom stereocenters. The van der Waals surface area contributed by atoms with Crippen LogP contribution in [0.1, 0.15) is 29.8 Å². The van der Waals surface area contributed by atoms with Gasteiger partial charge in [-0.1, -0.05) is 0 Å². The molecule has 2 atom stereocenters. The lowest BCUT2D eigenvalue weighted by atomic mass is 10.1. The van der Waals surface area contributed by atoms with Crippen LogP contribution in [0.5, 0.6) is 11.7 Å². The summed E-state index contributed by atoms with van der Waals surface area (Å²) >= 11 is 0. The summed E-state index contributed by atoms with van der Waals surface area (Å²) in [6, 6.07) is 3.67. The maximum atomic E-state index is 12.2. The van der Waals surface area contributed by atoms with Gasteiger partial charge < -0.3 is 45.7 Å². The van der Waals surface area contributed by atoms with E-state index in [9.17, 15) is 39.6 Å². The van der Waals surface area contributed by atoms with Gasteiger partial charge in [0.1, 0.15) is 16.9 Å². The van der Waals surface area contributed by atoms with Crippen molar-refractivity contribution in [2.75, 3.05) is 23.8 Å². The molecule has 1 aromatic heterocycles. The topological polar surface area (TPSA) is 239 Å². The highest BCUT2D eigenvalue weighted by atomic mass is 16.5. The first-order valence-electron chi connectivity index (χ1n) is 9.89. The molecule has 0 saturated carbocycles. The van der Waals surface area contributed by atoms with E-state index in [1.54, 1.807) is 0 Å². The minimum Gasteiger partial charge on any atom is -0.506 e. The third-order valence-corrected chi connectivity index (χ3v) is 4.50. The van der Waals surface area contributed by atoms with Gasteiger partial charge in [0.05, 0.1) is 24.6 Å². The minimum absolute atomic E-state index is 0.0381. The summed E-state index contributed by atoms with van der Waals surface area (Å²) in [4.78, 5) is 51.9. The molecule has 0 aliphatic rings. The number of amides is 2. The Labute approximate surface area is 196 Å². The quantitative estimate of drug-likeness (QED) is 0.155. The van der Waals surface area contributed by atoms with Crippen LogP contribution >= 0.6 is 0 Å². The van der Waals surface area contributed by atoms with E-state index in [1.165, 1.54) is 25.1 Å². The molecule has 0 fully saturated rings. The van der Waals surface area contributed by atoms with Crippen molar-refractivity contribution in [3.63, 3.8) is 0 Å². The van der Waals surface area contributed by atoms with Crippen LogP contribution in [0.4, 0.5) is 17.1 Å². The normalized spacial score (nSPS) is 13.1. The van der Waals surface area contributed by atoms with Crippen LogP contribution in [0.3, 0.4) is 0 Å². The van der Waals surface area contributed by atoms with E-state index in [0.717, 1.165) is 6.92 Å². The van der Waals surface area contributed by atoms with Crippen molar-refractivity contribution in [2.45, 2.75) is 26.1 Å². The zero-order valence-corrected chi connectivity index (χ0v) is 18.5. The summed E-state index contributed by atoms with van der Waals surface area (Å²) in [7, 11) is 0. The van der Waals surface area contributed by atoms with Crippen molar-refractivity contribution in [3.05, 3.63) is 39.7 Å². The van der Waals surface area contributed by atoms with Crippen molar-refractivity contribution in [1.29, 1.82) is 0 Å². The standard InChI is InChI=1S/C21H23N3O11/c1-8(15-17(30)16(9(2)27)21(34)35-20(15)33)22-10-3-11(23-18(31)13(28)6-25)5-12(4-10)24-19(32)14(29)7-26/h3-5,13-14,25-26,28-30,34H,6-7H2,1-2H3,(H,23,31)(H,24,32)/t13-,14+. The largest absolute Gasteiger partial charge is 0.506 e. The molecule has 0 bridgehead atoms. The van der Waals surface area contributed by atoms with Gasteiger partial charge in [-0.05, 0) is 32.0 Å². The van der Waals surface area contributed by atoms with Gasteiger partial charge in [0.25, 0.3) is 17.8 Å². The number of carbonyl (C=O) groups is 3. The molecule has 8 N–H and O–H groups in total. The van der Waals surface area contributed by atoms with Gasteiger partial charge in [0, 0.05) is 11.4 Å². The summed E-state index contributed by atoms with van der Waals surface area (Å²) in [6.45, 7) is 0.544. The Kier molecular flexibility index (Phi) is 8.80. The molecule has 0 spiro atoms. The van der Waals surface area contributed by atoms with E-state index in [-0.39, 0.29) is 22.8 Å². The Morgan fingerprint density at radius 3 is 1.83 bits per heavy atom. The van der Waals surface area contributed by atoms with Crippen LogP contribution in [0.15, 0.2) is 32.4 Å². The Morgan fingerprint density at radius 1 is 0.914 bits per heavy atom. The van der Waals surface area contributed by atoms with Crippen LogP contribution in [0.25, 0.3) is 0 Å². The molecule has 0 aliphatic heterocycles. The van der Waals surface area contributed by atoms with Crippen LogP contribution in [0, 0.1) is 0 Å². The van der Waals surface area contributed by atoms with E-state index in [4.69, 9.17) is 10.2 Å². The van der Waals surface area contributed by atoms with Gasteiger partial charge in [-0.2, -0.15) is 0 Å². The van der Waals surface area contributed by atoms with Gasteiger partial charge in [-0.3, -0.25) is 19.4 Å². The summed E-state index contributed by atoms with van der Waals surface area (Å²) in [5.74, 6) is -4.74. The molecular formula is C21H23N3O11. The third kappa shape index (κ3) is 6.48. The lowest BCUT2D eigenvalue weighted by Gasteiger charge is -2.14. The Bertz CT molecular complexity index is 1190. The maximum absolute atomic E-state index is 12.2. The lowest BCUT2D eigenvalue weighted by molar-refractivity contribution is -0.126. The maximum Gasteiger partial charge on any atom is 0.351 e. The monoisotopic (exact) mass is 493 g/mol. The molecular weight excluding hydrogens is 470 g/mol. The molecule has 0 saturated heterocycles. The van der Waals surface area contributed by atoms with Crippen molar-refractivity contribution < 1.29 is 49.4 Å². The number of hydrogen-bond acceptors (Lipinski definition) is 12. The van der Waals surface area contributed by atoms with Crippen molar-refractivity contribution >= 4 is 40.4 Å². The molecule has 14 nitrogen and oxygen atoms in total. The number of Topliss-reactive ketones (excluding diaryl/α,β-unsaturated/α-hetero) is 1. The van der Waals surface area contributed by atoms with E-state index in [0.29, 0.717) is 0 Å². The van der Waals surface area contributed by atoms with Gasteiger partial charge in [-0.25, -0.2) is 4.79 Å². The molecule has 1 aromatic carbocycles. The van der Waals surface area contributed by atoms with Crippen LogP contribution < -0.4 is 16.3 Å². The first-order chi connectivity index (χ1) is 16.4. The molecule has 14 heteroatoms. The average Bonchev–Trinajstić information content (AvgIpc) is 2.76. The number of carbonyl (C=O) groups excluding carboxylic acids is 3. The molecule has 0 aliphatic carbocycles. The predicted octanol–water partition coefficient (Wildman–Crippen LogP) is -1.02. The summed E-state index contributed by atoms with van der Waals surface area (Å²) in [5, 5.41) is 61.4. The second-order valence-corrected chi connectivity index (χ2v) is 7.19. The number of aliphatic imine (C=N–C) groups is 1. The van der Waals surface area contributed by atoms with Gasteiger partial charge in [0.15, 0.2) is 18.0 Å². The molecule has 188 valence electrons. The highest BCUT2D eigenvalue weighted by molar-refractivity contribution is 6.07. The number of aliphatic hydroxyl groups is 4. The average molecular weight is 493 g/mol. The van der Waals surface area contributed by atoms with Crippen LogP contribution in [0.2, 0.25) is 0 Å². The highest BCUT2D eigenvalue weighted by Gasteiger charge is 2.24. The second kappa shape index (κ2) is 11.3. The number of aromatic hydroxyl groups is 2. The first-order valence-corrected chi connectivity index (χ1v) is 9.89. The van der Waals surface area contributed by atoms with E-state index in [2.05, 4.69) is 20.0 Å². The zero-order valence-electron chi connectivity index (χ0n) is 18.5. The smallest absolute Gasteiger partial charge is 0.351 e. The minimum atomic E-state index is -1.76. The van der Waals surface area contributed by atoms with Crippen molar-refractivity contribution in [2.24, 2.45) is 4.99 Å². The van der Waals surface area contributed by atoms with Crippen LogP contribution in [-0.4, -0.2) is 79.4 Å². The number of nitrogens with one attached hydrogen (secondary N) is 2. The summed E-state index contributed by atoms with van der Waals surface area (Å²) < 4.78 is 4.59. The summed E-state index contributed by atoms with van der Waals surface area (Å²) in [6.07, 6.45) is -3.52. The number of anilines is 2. The number of hydrogen-bond donors (Lipinski definition) is 8. The fourth-order valence-corrected chi connectivity index (χ4v) is 2.84. The van der Waals surface area contributed by atoms with E-state index < -0.39 is 71.5 Å². The second-order valence-electron chi connectivity index (χ2n) is 7.19. The number of rotatable bonds is 9. The SMILES string of the molecule is CC(=O)c1c(O)oc(=O)c(C(C)=Nc2cc(NC(=O)[C@H](O)CO)cc(NC(=O)[C@@H](O)CO)c2)c1O. The van der Waals surface area contributed by atoms with Crippen LogP contribution in [-0.2, 0) is 9.59 Å². The Hall–Kier alpha value is -4.11. The molecule has 2 rings (SSSR count). The lowest BCUT2D eigenvalue weighted by Crippen LogP contribution is -2.31. The van der Waals surface area contributed by atoms with E-state index >= 15 is 0 Å². The fourth-order valence-electron chi connectivity index (χ4n) is 2.84. The molecule has 1 heterocycles. The molecule has 0 radical (unpaired) electrons. The Morgan fingerprint density at radius 2 is 1.40 bits per heavy atom. The molecule has 35 heavy (non-hydrogen) atoms. The fraction of sp³-hybridized carbons (Fsp3) is 0.286. The molecule has 2 aromatic rings. The zero-order chi connectivity index (χ0) is 26.4. The number of aliphatic hydroxyl groups excluding tert-OH is 4. The number of ketones is 1. The summed E-state index contributed by atoms with van der Waals surface area (Å²) in [5.41, 5.74) is -2.71. The number of nitrogens with zero attached hydrogens (tertiary/aromatic N) is 1. The van der Waals surface area contributed by atoms with Gasteiger partial charge in [0.2, 0.25) is 0 Å². The highest BCUT2D eigenvalue weighted by Crippen LogP contribution is 2.31. The van der Waals surface area contributed by atoms with Gasteiger partial charge in [-0.15, -0.1) is 0 Å². The van der Waals surface area contributed by atoms with Crippen molar-refractivity contribution in [3.8, 4) is 11.7 Å². The van der Waals surface area contributed by atoms with Crippen molar-refractivity contribution in [1.82, 2.24) is 0 Å². The number of benzene rings is 1. The molecule has 2 amide bonds. The predicted molar refractivity (Wildman–Crippen MR) is 120 cm³/mol. The third-order valence-electron chi connectivity index (χ3n) is 4.50.